The Bertz CT molecular complexity index is 209. The predicted octanol–water partition coefficient (Wildman–Crippen LogP) is 2.48. The van der Waals surface area contributed by atoms with E-state index in [0.29, 0.717) is 5.78 Å². The lowest BCUT2D eigenvalue weighted by Crippen LogP contribution is -2.37. The predicted molar refractivity (Wildman–Crippen MR) is 61.8 cm³/mol. The van der Waals surface area contributed by atoms with E-state index in [1.165, 1.54) is 32.5 Å². The summed E-state index contributed by atoms with van der Waals surface area (Å²) in [5.41, 5.74) is 0. The monoisotopic (exact) mass is 209 g/mol. The zero-order valence-corrected chi connectivity index (χ0v) is 9.87. The molecule has 1 aliphatic carbocycles. The van der Waals surface area contributed by atoms with Crippen molar-refractivity contribution in [1.29, 1.82) is 0 Å². The molecule has 0 bridgehead atoms. The molecule has 2 heteroatoms. The fourth-order valence-corrected chi connectivity index (χ4v) is 2.79. The summed E-state index contributed by atoms with van der Waals surface area (Å²) in [6.45, 7) is 6.17. The zero-order valence-electron chi connectivity index (χ0n) is 9.87. The van der Waals surface area contributed by atoms with Gasteiger partial charge >= 0.3 is 0 Å². The summed E-state index contributed by atoms with van der Waals surface area (Å²) >= 11 is 0. The minimum Gasteiger partial charge on any atom is -0.303 e. The lowest BCUT2D eigenvalue weighted by molar-refractivity contribution is -0.121. The average molecular weight is 209 g/mol. The van der Waals surface area contributed by atoms with E-state index in [-0.39, 0.29) is 0 Å². The first-order valence-electron chi connectivity index (χ1n) is 6.48. The van der Waals surface area contributed by atoms with Crippen molar-refractivity contribution in [2.24, 2.45) is 11.8 Å². The molecule has 0 amide bonds. The molecule has 2 aliphatic rings. The van der Waals surface area contributed by atoms with Crippen molar-refractivity contribution < 1.29 is 4.79 Å². The van der Waals surface area contributed by atoms with Gasteiger partial charge in [0.1, 0.15) is 5.78 Å². The summed E-state index contributed by atoms with van der Waals surface area (Å²) in [5, 5.41) is 0. The third kappa shape index (κ3) is 3.30. The van der Waals surface area contributed by atoms with Crippen LogP contribution in [0.5, 0.6) is 0 Å². The summed E-state index contributed by atoms with van der Waals surface area (Å²) in [5.74, 6) is 2.21. The third-order valence-corrected chi connectivity index (χ3v) is 4.06. The first-order chi connectivity index (χ1) is 7.24. The highest BCUT2D eigenvalue weighted by Gasteiger charge is 2.23. The Morgan fingerprint density at radius 3 is 2.33 bits per heavy atom. The maximum atomic E-state index is 11.1. The largest absolute Gasteiger partial charge is 0.303 e. The van der Waals surface area contributed by atoms with Crippen LogP contribution in [0, 0.1) is 11.8 Å². The molecule has 0 unspecified atom stereocenters. The molecule has 15 heavy (non-hydrogen) atoms. The molecule has 0 aromatic heterocycles. The van der Waals surface area contributed by atoms with Crippen molar-refractivity contribution in [3.63, 3.8) is 0 Å². The molecule has 1 heterocycles. The standard InChI is InChI=1S/C13H23NO/c1-11-6-8-14(9-7-11)10-12-2-4-13(15)5-3-12/h11-12H,2-10H2,1H3. The first-order valence-corrected chi connectivity index (χ1v) is 6.48. The molecule has 1 saturated heterocycles. The molecule has 0 aromatic carbocycles. The van der Waals surface area contributed by atoms with Gasteiger partial charge in [-0.25, -0.2) is 0 Å². The van der Waals surface area contributed by atoms with Crippen molar-refractivity contribution >= 4 is 5.78 Å². The minimum absolute atomic E-state index is 0.485. The second-order valence-corrected chi connectivity index (χ2v) is 5.47. The van der Waals surface area contributed by atoms with Crippen molar-refractivity contribution in [1.82, 2.24) is 4.90 Å². The highest BCUT2D eigenvalue weighted by Crippen LogP contribution is 2.24. The fraction of sp³-hybridized carbons (Fsp3) is 0.923. The lowest BCUT2D eigenvalue weighted by Gasteiger charge is -2.34. The van der Waals surface area contributed by atoms with Gasteiger partial charge in [-0.3, -0.25) is 4.79 Å². The molecule has 2 fully saturated rings. The van der Waals surface area contributed by atoms with Crippen molar-refractivity contribution in [3.8, 4) is 0 Å². The first kappa shape index (κ1) is 11.1. The Morgan fingerprint density at radius 2 is 1.73 bits per heavy atom. The Morgan fingerprint density at radius 1 is 1.13 bits per heavy atom. The third-order valence-electron chi connectivity index (χ3n) is 4.06. The quantitative estimate of drug-likeness (QED) is 0.696. The number of nitrogens with zero attached hydrogens (tertiary/aromatic N) is 1. The molecule has 1 saturated carbocycles. The maximum Gasteiger partial charge on any atom is 0.132 e. The van der Waals surface area contributed by atoms with E-state index in [0.717, 1.165) is 37.5 Å². The van der Waals surface area contributed by atoms with Crippen LogP contribution in [-0.2, 0) is 4.79 Å². The zero-order chi connectivity index (χ0) is 10.7. The molecule has 2 rings (SSSR count). The van der Waals surface area contributed by atoms with E-state index >= 15 is 0 Å². The molecule has 86 valence electrons. The molecular formula is C13H23NO. The van der Waals surface area contributed by atoms with Crippen LogP contribution in [0.2, 0.25) is 0 Å². The normalized spacial score (nSPS) is 27.1. The molecule has 0 spiro atoms. The van der Waals surface area contributed by atoms with E-state index in [9.17, 15) is 4.79 Å². The number of carbonyl (C=O) groups is 1. The number of Topliss-reactive ketones (excluding diaryl/α,β-unsaturated/α-hetero) is 1. The lowest BCUT2D eigenvalue weighted by atomic mass is 9.87. The van der Waals surface area contributed by atoms with Gasteiger partial charge in [0.05, 0.1) is 0 Å². The van der Waals surface area contributed by atoms with Gasteiger partial charge in [-0.15, -0.1) is 0 Å². The van der Waals surface area contributed by atoms with Crippen molar-refractivity contribution in [3.05, 3.63) is 0 Å². The number of hydrogen-bond acceptors (Lipinski definition) is 2. The van der Waals surface area contributed by atoms with Gasteiger partial charge in [0.15, 0.2) is 0 Å². The van der Waals surface area contributed by atoms with Gasteiger partial charge in [0, 0.05) is 19.4 Å². The second-order valence-electron chi connectivity index (χ2n) is 5.47. The van der Waals surface area contributed by atoms with Crippen LogP contribution in [0.4, 0.5) is 0 Å². The van der Waals surface area contributed by atoms with Gasteiger partial charge in [-0.1, -0.05) is 6.92 Å². The van der Waals surface area contributed by atoms with Crippen LogP contribution < -0.4 is 0 Å². The molecular weight excluding hydrogens is 186 g/mol. The summed E-state index contributed by atoms with van der Waals surface area (Å²) in [6, 6.07) is 0. The molecule has 0 aromatic rings. The van der Waals surface area contributed by atoms with Gasteiger partial charge in [0.25, 0.3) is 0 Å². The van der Waals surface area contributed by atoms with Crippen LogP contribution in [0.1, 0.15) is 45.4 Å². The van der Waals surface area contributed by atoms with Crippen LogP contribution in [0.25, 0.3) is 0 Å². The topological polar surface area (TPSA) is 20.3 Å². The number of rotatable bonds is 2. The van der Waals surface area contributed by atoms with E-state index in [1.54, 1.807) is 0 Å². The Labute approximate surface area is 93.0 Å². The summed E-state index contributed by atoms with van der Waals surface area (Å²) in [6.07, 6.45) is 6.71. The summed E-state index contributed by atoms with van der Waals surface area (Å²) in [4.78, 5) is 13.7. The Balaban J connectivity index is 1.70. The van der Waals surface area contributed by atoms with E-state index in [4.69, 9.17) is 0 Å². The fourth-order valence-electron chi connectivity index (χ4n) is 2.79. The van der Waals surface area contributed by atoms with Crippen LogP contribution in [0.3, 0.4) is 0 Å². The highest BCUT2D eigenvalue weighted by molar-refractivity contribution is 5.79. The average Bonchev–Trinajstić information content (AvgIpc) is 2.25. The van der Waals surface area contributed by atoms with Gasteiger partial charge in [-0.2, -0.15) is 0 Å². The molecule has 1 aliphatic heterocycles. The number of piperidine rings is 1. The summed E-state index contributed by atoms with van der Waals surface area (Å²) in [7, 11) is 0. The Hall–Kier alpha value is -0.370. The van der Waals surface area contributed by atoms with Crippen molar-refractivity contribution in [2.75, 3.05) is 19.6 Å². The number of ketones is 1. The molecule has 0 radical (unpaired) electrons. The second kappa shape index (κ2) is 5.11. The number of likely N-dealkylation sites (tertiary alicyclic amines) is 1. The van der Waals surface area contributed by atoms with Crippen LogP contribution in [0.15, 0.2) is 0 Å². The molecule has 2 nitrogen and oxygen atoms in total. The van der Waals surface area contributed by atoms with Crippen LogP contribution in [-0.4, -0.2) is 30.3 Å². The Kier molecular flexibility index (Phi) is 3.79. The van der Waals surface area contributed by atoms with Gasteiger partial charge < -0.3 is 4.90 Å². The van der Waals surface area contributed by atoms with Gasteiger partial charge in [0.2, 0.25) is 0 Å². The van der Waals surface area contributed by atoms with E-state index < -0.39 is 0 Å². The van der Waals surface area contributed by atoms with Crippen molar-refractivity contribution in [2.45, 2.75) is 45.4 Å². The number of carbonyl (C=O) groups excluding carboxylic acids is 1. The van der Waals surface area contributed by atoms with Crippen LogP contribution >= 0.6 is 0 Å². The van der Waals surface area contributed by atoms with E-state index in [2.05, 4.69) is 11.8 Å². The smallest absolute Gasteiger partial charge is 0.132 e. The molecule has 0 N–H and O–H groups in total. The minimum atomic E-state index is 0.485. The van der Waals surface area contributed by atoms with E-state index in [1.807, 2.05) is 0 Å². The highest BCUT2D eigenvalue weighted by atomic mass is 16.1. The van der Waals surface area contributed by atoms with Gasteiger partial charge in [-0.05, 0) is 50.6 Å². The molecule has 0 atom stereocenters. The maximum absolute atomic E-state index is 11.1. The SMILES string of the molecule is CC1CCN(CC2CCC(=O)CC2)CC1. The summed E-state index contributed by atoms with van der Waals surface area (Å²) < 4.78 is 0. The number of hydrogen-bond donors (Lipinski definition) is 0.